The molecule has 116 valence electrons. The van der Waals surface area contributed by atoms with Crippen LogP contribution in [0.5, 0.6) is 0 Å². The van der Waals surface area contributed by atoms with Crippen molar-refractivity contribution in [1.29, 1.82) is 0 Å². The number of fused-ring (bicyclic) bond motifs is 1. The molecule has 0 aliphatic carbocycles. The van der Waals surface area contributed by atoms with Gasteiger partial charge in [-0.15, -0.1) is 0 Å². The monoisotopic (exact) mass is 294 g/mol. The van der Waals surface area contributed by atoms with Gasteiger partial charge in [-0.2, -0.15) is 5.10 Å². The van der Waals surface area contributed by atoms with Crippen LogP contribution in [-0.4, -0.2) is 47.9 Å². The van der Waals surface area contributed by atoms with E-state index in [-0.39, 0.29) is 11.8 Å². The first-order chi connectivity index (χ1) is 10.1. The van der Waals surface area contributed by atoms with Gasteiger partial charge < -0.3 is 10.1 Å². The summed E-state index contributed by atoms with van der Waals surface area (Å²) >= 11 is 0. The molecule has 7 heteroatoms. The molecule has 0 saturated carbocycles. The lowest BCUT2D eigenvalue weighted by atomic mass is 10.1. The molecule has 1 aliphatic rings. The van der Waals surface area contributed by atoms with Crippen LogP contribution in [0.4, 0.5) is 5.82 Å². The molecule has 1 atom stereocenters. The molecule has 0 saturated heterocycles. The zero-order valence-corrected chi connectivity index (χ0v) is 12.8. The molecular weight excluding hydrogens is 272 g/mol. The Kier molecular flexibility index (Phi) is 4.95. The van der Waals surface area contributed by atoms with E-state index in [0.717, 1.165) is 5.69 Å². The quantitative estimate of drug-likeness (QED) is 0.774. The number of methoxy groups -OCH3 is 1. The first kappa shape index (κ1) is 15.5. The minimum Gasteiger partial charge on any atom is -0.383 e. The van der Waals surface area contributed by atoms with Crippen molar-refractivity contribution in [2.24, 2.45) is 0 Å². The van der Waals surface area contributed by atoms with Crippen molar-refractivity contribution in [3.05, 3.63) is 11.8 Å². The van der Waals surface area contributed by atoms with E-state index in [1.807, 2.05) is 19.9 Å². The Morgan fingerprint density at radius 1 is 1.57 bits per heavy atom. The molecule has 2 amide bonds. The highest BCUT2D eigenvalue weighted by Crippen LogP contribution is 2.25. The van der Waals surface area contributed by atoms with Crippen molar-refractivity contribution in [1.82, 2.24) is 15.1 Å². The standard InChI is InChI=1S/C14H22N4O3/c1-4-11(14(20)15-6-8-21-3)18-12-9-10(2)16-17(12)7-5-13(18)19/h9,11H,4-8H2,1-3H3,(H,15,20). The summed E-state index contributed by atoms with van der Waals surface area (Å²) < 4.78 is 6.72. The molecule has 7 nitrogen and oxygen atoms in total. The predicted octanol–water partition coefficient (Wildman–Crippen LogP) is 0.469. The molecular formula is C14H22N4O3. The van der Waals surface area contributed by atoms with Gasteiger partial charge in [0.25, 0.3) is 0 Å². The van der Waals surface area contributed by atoms with Crippen LogP contribution in [0.2, 0.25) is 0 Å². The van der Waals surface area contributed by atoms with Gasteiger partial charge in [-0.05, 0) is 13.3 Å². The predicted molar refractivity (Wildman–Crippen MR) is 78.0 cm³/mol. The summed E-state index contributed by atoms with van der Waals surface area (Å²) in [6, 6.07) is 1.34. The first-order valence-electron chi connectivity index (χ1n) is 7.21. The van der Waals surface area contributed by atoms with Crippen LogP contribution < -0.4 is 10.2 Å². The smallest absolute Gasteiger partial charge is 0.243 e. The number of aryl methyl sites for hydroxylation is 2. The molecule has 1 aromatic rings. The first-order valence-corrected chi connectivity index (χ1v) is 7.21. The SMILES string of the molecule is CCC(C(=O)NCCOC)N1C(=O)CCn2nc(C)cc21. The van der Waals surface area contributed by atoms with E-state index >= 15 is 0 Å². The maximum Gasteiger partial charge on any atom is 0.243 e. The van der Waals surface area contributed by atoms with Gasteiger partial charge >= 0.3 is 0 Å². The van der Waals surface area contributed by atoms with Crippen LogP contribution >= 0.6 is 0 Å². The highest BCUT2D eigenvalue weighted by atomic mass is 16.5. The molecule has 1 aromatic heterocycles. The topological polar surface area (TPSA) is 76.5 Å². The Balaban J connectivity index is 2.20. The van der Waals surface area contributed by atoms with Crippen molar-refractivity contribution in [2.45, 2.75) is 39.3 Å². The van der Waals surface area contributed by atoms with Gasteiger partial charge in [0.1, 0.15) is 11.9 Å². The number of rotatable bonds is 6. The van der Waals surface area contributed by atoms with E-state index in [9.17, 15) is 9.59 Å². The van der Waals surface area contributed by atoms with Crippen LogP contribution in [0.1, 0.15) is 25.5 Å². The third-order valence-corrected chi connectivity index (χ3v) is 3.54. The fourth-order valence-corrected chi connectivity index (χ4v) is 2.55. The fraction of sp³-hybridized carbons (Fsp3) is 0.643. The van der Waals surface area contributed by atoms with Crippen molar-refractivity contribution in [2.75, 3.05) is 25.2 Å². The Labute approximate surface area is 124 Å². The van der Waals surface area contributed by atoms with Gasteiger partial charge in [-0.1, -0.05) is 6.92 Å². The summed E-state index contributed by atoms with van der Waals surface area (Å²) in [6.45, 7) is 5.24. The van der Waals surface area contributed by atoms with Gasteiger partial charge in [0.15, 0.2) is 0 Å². The molecule has 21 heavy (non-hydrogen) atoms. The molecule has 1 aliphatic heterocycles. The normalized spacial score (nSPS) is 15.8. The average molecular weight is 294 g/mol. The molecule has 0 aromatic carbocycles. The highest BCUT2D eigenvalue weighted by molar-refractivity contribution is 6.00. The van der Waals surface area contributed by atoms with Crippen LogP contribution in [-0.2, 0) is 20.9 Å². The van der Waals surface area contributed by atoms with E-state index in [0.29, 0.717) is 38.4 Å². The van der Waals surface area contributed by atoms with Crippen molar-refractivity contribution < 1.29 is 14.3 Å². The maximum absolute atomic E-state index is 12.3. The summed E-state index contributed by atoms with van der Waals surface area (Å²) in [5, 5.41) is 7.16. The number of carbonyl (C=O) groups excluding carboxylic acids is 2. The van der Waals surface area contributed by atoms with E-state index in [1.54, 1.807) is 16.7 Å². The molecule has 0 bridgehead atoms. The van der Waals surface area contributed by atoms with Crippen molar-refractivity contribution in [3.63, 3.8) is 0 Å². The second-order valence-electron chi connectivity index (χ2n) is 5.09. The van der Waals surface area contributed by atoms with E-state index in [1.165, 1.54) is 0 Å². The molecule has 1 N–H and O–H groups in total. The molecule has 0 spiro atoms. The molecule has 2 rings (SSSR count). The number of anilines is 1. The van der Waals surface area contributed by atoms with Gasteiger partial charge in [0.2, 0.25) is 11.8 Å². The fourth-order valence-electron chi connectivity index (χ4n) is 2.55. The molecule has 1 unspecified atom stereocenters. The van der Waals surface area contributed by atoms with E-state index in [4.69, 9.17) is 4.74 Å². The Morgan fingerprint density at radius 3 is 3.00 bits per heavy atom. The Hall–Kier alpha value is -1.89. The molecule has 0 fully saturated rings. The lowest BCUT2D eigenvalue weighted by Crippen LogP contribution is -2.52. The second-order valence-corrected chi connectivity index (χ2v) is 5.09. The Bertz CT molecular complexity index is 526. The zero-order chi connectivity index (χ0) is 15.4. The number of nitrogens with zero attached hydrogens (tertiary/aromatic N) is 3. The third kappa shape index (κ3) is 3.24. The zero-order valence-electron chi connectivity index (χ0n) is 12.8. The summed E-state index contributed by atoms with van der Waals surface area (Å²) in [7, 11) is 1.58. The number of amides is 2. The summed E-state index contributed by atoms with van der Waals surface area (Å²) in [5.74, 6) is 0.517. The minimum absolute atomic E-state index is 0.0314. The van der Waals surface area contributed by atoms with Gasteiger partial charge in [-0.3, -0.25) is 14.5 Å². The van der Waals surface area contributed by atoms with E-state index in [2.05, 4.69) is 10.4 Å². The number of hydrogen-bond acceptors (Lipinski definition) is 4. The molecule has 0 radical (unpaired) electrons. The summed E-state index contributed by atoms with van der Waals surface area (Å²) in [4.78, 5) is 26.2. The summed E-state index contributed by atoms with van der Waals surface area (Å²) in [5.41, 5.74) is 0.847. The molecule has 2 heterocycles. The van der Waals surface area contributed by atoms with Crippen LogP contribution in [0.15, 0.2) is 6.07 Å². The van der Waals surface area contributed by atoms with Crippen LogP contribution in [0.25, 0.3) is 0 Å². The van der Waals surface area contributed by atoms with Crippen molar-refractivity contribution >= 4 is 17.6 Å². The minimum atomic E-state index is -0.510. The van der Waals surface area contributed by atoms with E-state index < -0.39 is 6.04 Å². The maximum atomic E-state index is 12.3. The number of hydrogen-bond donors (Lipinski definition) is 1. The number of aromatic nitrogens is 2. The van der Waals surface area contributed by atoms with Crippen molar-refractivity contribution in [3.8, 4) is 0 Å². The summed E-state index contributed by atoms with van der Waals surface area (Å²) in [6.07, 6.45) is 0.921. The number of carbonyl (C=O) groups is 2. The largest absolute Gasteiger partial charge is 0.383 e. The third-order valence-electron chi connectivity index (χ3n) is 3.54. The number of nitrogens with one attached hydrogen (secondary N) is 1. The Morgan fingerprint density at radius 2 is 2.33 bits per heavy atom. The highest BCUT2D eigenvalue weighted by Gasteiger charge is 2.34. The lowest BCUT2D eigenvalue weighted by Gasteiger charge is -2.33. The average Bonchev–Trinajstić information content (AvgIpc) is 2.83. The number of ether oxygens (including phenoxy) is 1. The van der Waals surface area contributed by atoms with Gasteiger partial charge in [0, 0.05) is 26.1 Å². The van der Waals surface area contributed by atoms with Crippen LogP contribution in [0.3, 0.4) is 0 Å². The lowest BCUT2D eigenvalue weighted by molar-refractivity contribution is -0.127. The van der Waals surface area contributed by atoms with Gasteiger partial charge in [-0.25, -0.2) is 4.68 Å². The van der Waals surface area contributed by atoms with Gasteiger partial charge in [0.05, 0.1) is 18.8 Å². The van der Waals surface area contributed by atoms with Crippen LogP contribution in [0, 0.1) is 6.92 Å². The second kappa shape index (κ2) is 6.71.